The Morgan fingerprint density at radius 1 is 1.28 bits per heavy atom. The molecule has 0 radical (unpaired) electrons. The maximum Gasteiger partial charge on any atom is 0.118 e. The van der Waals surface area contributed by atoms with Crippen LogP contribution in [-0.4, -0.2) is 24.9 Å². The summed E-state index contributed by atoms with van der Waals surface area (Å²) in [4.78, 5) is 0. The Hall–Kier alpha value is -1.32. The van der Waals surface area contributed by atoms with Crippen LogP contribution in [0.2, 0.25) is 0 Å². The minimum atomic E-state index is -0.327. The number of hydrogen-bond donors (Lipinski definition) is 1. The molecule has 0 heterocycles. The van der Waals surface area contributed by atoms with Gasteiger partial charge in [0.15, 0.2) is 0 Å². The predicted octanol–water partition coefficient (Wildman–Crippen LogP) is 2.93. The third-order valence-electron chi connectivity index (χ3n) is 2.63. The van der Waals surface area contributed by atoms with E-state index in [2.05, 4.69) is 0 Å². The van der Waals surface area contributed by atoms with Crippen molar-refractivity contribution < 1.29 is 14.6 Å². The molecule has 18 heavy (non-hydrogen) atoms. The van der Waals surface area contributed by atoms with E-state index in [-0.39, 0.29) is 6.10 Å². The van der Waals surface area contributed by atoms with Crippen LogP contribution in [0.25, 0.3) is 0 Å². The minimum absolute atomic E-state index is 0.327. The quantitative estimate of drug-likeness (QED) is 0.569. The van der Waals surface area contributed by atoms with Crippen LogP contribution in [0.1, 0.15) is 25.3 Å². The second-order valence-electron chi connectivity index (χ2n) is 4.09. The fourth-order valence-electron chi connectivity index (χ4n) is 1.45. The number of ether oxygens (including phenoxy) is 2. The van der Waals surface area contributed by atoms with E-state index < -0.39 is 0 Å². The largest absolute Gasteiger partial charge is 0.497 e. The lowest BCUT2D eigenvalue weighted by Crippen LogP contribution is -1.99. The lowest BCUT2D eigenvalue weighted by atomic mass is 10.2. The summed E-state index contributed by atoms with van der Waals surface area (Å²) < 4.78 is 10.6. The van der Waals surface area contributed by atoms with Crippen molar-refractivity contribution in [2.75, 3.05) is 13.7 Å². The topological polar surface area (TPSA) is 38.7 Å². The van der Waals surface area contributed by atoms with E-state index >= 15 is 0 Å². The predicted molar refractivity (Wildman–Crippen MR) is 72.7 cm³/mol. The lowest BCUT2D eigenvalue weighted by molar-refractivity contribution is 0.125. The first-order chi connectivity index (χ1) is 8.76. The van der Waals surface area contributed by atoms with Crippen molar-refractivity contribution in [2.24, 2.45) is 0 Å². The zero-order chi connectivity index (χ0) is 13.2. The van der Waals surface area contributed by atoms with Crippen molar-refractivity contribution in [3.05, 3.63) is 42.0 Å². The van der Waals surface area contributed by atoms with Crippen LogP contribution < -0.4 is 4.74 Å². The molecule has 1 aromatic rings. The Balaban J connectivity index is 2.15. The van der Waals surface area contributed by atoms with Crippen LogP contribution in [0, 0.1) is 0 Å². The highest BCUT2D eigenvalue weighted by Gasteiger charge is 1.95. The highest BCUT2D eigenvalue weighted by molar-refractivity contribution is 5.26. The third kappa shape index (κ3) is 5.84. The van der Waals surface area contributed by atoms with Crippen LogP contribution in [-0.2, 0) is 11.3 Å². The molecule has 3 heteroatoms. The van der Waals surface area contributed by atoms with Crippen molar-refractivity contribution in [3.63, 3.8) is 0 Å². The smallest absolute Gasteiger partial charge is 0.118 e. The summed E-state index contributed by atoms with van der Waals surface area (Å²) in [6.07, 6.45) is 5.03. The Labute approximate surface area is 109 Å². The van der Waals surface area contributed by atoms with E-state index in [0.29, 0.717) is 13.2 Å². The van der Waals surface area contributed by atoms with E-state index in [1.807, 2.05) is 43.3 Å². The van der Waals surface area contributed by atoms with Gasteiger partial charge in [-0.15, -0.1) is 0 Å². The third-order valence-corrected chi connectivity index (χ3v) is 2.63. The summed E-state index contributed by atoms with van der Waals surface area (Å²) in [7, 11) is 1.66. The van der Waals surface area contributed by atoms with Crippen LogP contribution in [0.15, 0.2) is 36.4 Å². The van der Waals surface area contributed by atoms with Gasteiger partial charge in [-0.05, 0) is 30.5 Å². The molecule has 1 N–H and O–H groups in total. The number of rotatable bonds is 8. The maximum absolute atomic E-state index is 9.30. The Morgan fingerprint density at radius 2 is 2.00 bits per heavy atom. The highest BCUT2D eigenvalue weighted by Crippen LogP contribution is 2.11. The van der Waals surface area contributed by atoms with Gasteiger partial charge in [-0.25, -0.2) is 0 Å². The van der Waals surface area contributed by atoms with Crippen molar-refractivity contribution in [3.8, 4) is 5.75 Å². The summed E-state index contributed by atoms with van der Waals surface area (Å²) in [5.74, 6) is 0.857. The standard InChI is InChI=1S/C15H22O3/c1-3-14(16)6-4-5-11-18-12-13-7-9-15(17-2)10-8-13/h4,6-10,14,16H,3,5,11-12H2,1-2H3/b6-4-/t14-/m0/s1. The molecule has 1 aromatic carbocycles. The Bertz CT molecular complexity index is 343. The van der Waals surface area contributed by atoms with E-state index in [1.165, 1.54) is 0 Å². The van der Waals surface area contributed by atoms with Crippen molar-refractivity contribution in [1.82, 2.24) is 0 Å². The molecule has 0 bridgehead atoms. The lowest BCUT2D eigenvalue weighted by Gasteiger charge is -2.04. The fourth-order valence-corrected chi connectivity index (χ4v) is 1.45. The average Bonchev–Trinajstić information content (AvgIpc) is 2.43. The van der Waals surface area contributed by atoms with E-state index in [1.54, 1.807) is 7.11 Å². The highest BCUT2D eigenvalue weighted by atomic mass is 16.5. The van der Waals surface area contributed by atoms with Gasteiger partial charge in [0.1, 0.15) is 5.75 Å². The van der Waals surface area contributed by atoms with Gasteiger partial charge in [0.25, 0.3) is 0 Å². The summed E-state index contributed by atoms with van der Waals surface area (Å²) in [6, 6.07) is 7.84. The fraction of sp³-hybridized carbons (Fsp3) is 0.467. The van der Waals surface area contributed by atoms with Gasteiger partial charge in [-0.1, -0.05) is 31.2 Å². The normalized spacial score (nSPS) is 12.8. The van der Waals surface area contributed by atoms with Gasteiger partial charge in [-0.3, -0.25) is 0 Å². The number of methoxy groups -OCH3 is 1. The van der Waals surface area contributed by atoms with Crippen molar-refractivity contribution >= 4 is 0 Å². The second-order valence-corrected chi connectivity index (χ2v) is 4.09. The maximum atomic E-state index is 9.30. The summed E-state index contributed by atoms with van der Waals surface area (Å²) in [5, 5.41) is 9.30. The summed E-state index contributed by atoms with van der Waals surface area (Å²) in [6.45, 7) is 3.22. The molecule has 0 spiro atoms. The first-order valence-electron chi connectivity index (χ1n) is 6.31. The van der Waals surface area contributed by atoms with Gasteiger partial charge in [0, 0.05) is 0 Å². The van der Waals surface area contributed by atoms with E-state index in [0.717, 1.165) is 24.2 Å². The molecule has 3 nitrogen and oxygen atoms in total. The molecule has 0 saturated heterocycles. The molecular formula is C15H22O3. The van der Waals surface area contributed by atoms with Gasteiger partial charge in [0.2, 0.25) is 0 Å². The van der Waals surface area contributed by atoms with Crippen LogP contribution in [0.4, 0.5) is 0 Å². The Kier molecular flexibility index (Phi) is 7.14. The zero-order valence-corrected chi connectivity index (χ0v) is 11.1. The van der Waals surface area contributed by atoms with Gasteiger partial charge < -0.3 is 14.6 Å². The van der Waals surface area contributed by atoms with Gasteiger partial charge in [0.05, 0.1) is 26.4 Å². The van der Waals surface area contributed by atoms with Crippen molar-refractivity contribution in [1.29, 1.82) is 0 Å². The molecule has 0 aliphatic rings. The van der Waals surface area contributed by atoms with E-state index in [4.69, 9.17) is 9.47 Å². The van der Waals surface area contributed by atoms with Crippen LogP contribution >= 0.6 is 0 Å². The monoisotopic (exact) mass is 250 g/mol. The minimum Gasteiger partial charge on any atom is -0.497 e. The number of benzene rings is 1. The van der Waals surface area contributed by atoms with Gasteiger partial charge in [-0.2, -0.15) is 0 Å². The first kappa shape index (κ1) is 14.7. The summed E-state index contributed by atoms with van der Waals surface area (Å²) in [5.41, 5.74) is 1.13. The molecule has 1 atom stereocenters. The number of aliphatic hydroxyl groups is 1. The van der Waals surface area contributed by atoms with Crippen LogP contribution in [0.3, 0.4) is 0 Å². The molecular weight excluding hydrogens is 228 g/mol. The molecule has 0 fully saturated rings. The SMILES string of the molecule is CC[C@H](O)/C=C\CCOCc1ccc(OC)cc1. The van der Waals surface area contributed by atoms with E-state index in [9.17, 15) is 5.11 Å². The number of hydrogen-bond acceptors (Lipinski definition) is 3. The average molecular weight is 250 g/mol. The molecule has 0 aromatic heterocycles. The molecule has 1 rings (SSSR count). The molecule has 0 aliphatic heterocycles. The summed E-state index contributed by atoms with van der Waals surface area (Å²) >= 11 is 0. The molecule has 0 unspecified atom stereocenters. The van der Waals surface area contributed by atoms with Crippen LogP contribution in [0.5, 0.6) is 5.75 Å². The first-order valence-corrected chi connectivity index (χ1v) is 6.31. The molecule has 0 aliphatic carbocycles. The Morgan fingerprint density at radius 3 is 2.61 bits per heavy atom. The second kappa shape index (κ2) is 8.72. The molecule has 0 amide bonds. The molecule has 100 valence electrons. The van der Waals surface area contributed by atoms with Crippen molar-refractivity contribution in [2.45, 2.75) is 32.5 Å². The number of aliphatic hydroxyl groups excluding tert-OH is 1. The van der Waals surface area contributed by atoms with Gasteiger partial charge >= 0.3 is 0 Å². The molecule has 0 saturated carbocycles. The zero-order valence-electron chi connectivity index (χ0n) is 11.1.